The Hall–Kier alpha value is -3.56. The molecule has 1 amide bonds. The summed E-state index contributed by atoms with van der Waals surface area (Å²) in [7, 11) is 1.52. The Kier molecular flexibility index (Phi) is 6.26. The molecule has 5 nitrogen and oxygen atoms in total. The van der Waals surface area contributed by atoms with Gasteiger partial charge < -0.3 is 9.87 Å². The summed E-state index contributed by atoms with van der Waals surface area (Å²) < 4.78 is 54.0. The molecule has 0 bridgehead atoms. The van der Waals surface area contributed by atoms with Crippen LogP contribution in [0.15, 0.2) is 65.6 Å². The van der Waals surface area contributed by atoms with Crippen LogP contribution in [0, 0.1) is 17.5 Å². The lowest BCUT2D eigenvalue weighted by atomic mass is 10.0. The molecule has 33 heavy (non-hydrogen) atoms. The van der Waals surface area contributed by atoms with Gasteiger partial charge in [0.1, 0.15) is 17.2 Å². The Morgan fingerprint density at radius 2 is 1.76 bits per heavy atom. The van der Waals surface area contributed by atoms with E-state index in [4.69, 9.17) is 0 Å². The van der Waals surface area contributed by atoms with Crippen LogP contribution in [0.25, 0.3) is 6.08 Å². The third-order valence-electron chi connectivity index (χ3n) is 5.11. The molecule has 4 rings (SSSR count). The first-order chi connectivity index (χ1) is 15.7. The Morgan fingerprint density at radius 3 is 2.45 bits per heavy atom. The molecule has 1 atom stereocenters. The third-order valence-corrected chi connectivity index (χ3v) is 6.48. The average Bonchev–Trinajstić information content (AvgIpc) is 2.81. The molecule has 1 heterocycles. The molecule has 1 aliphatic rings. The normalized spacial score (nSPS) is 16.6. The summed E-state index contributed by atoms with van der Waals surface area (Å²) in [5.74, 6) is -3.54. The van der Waals surface area contributed by atoms with Gasteiger partial charge in [-0.15, -0.1) is 0 Å². The number of ketones is 1. The zero-order valence-corrected chi connectivity index (χ0v) is 18.1. The van der Waals surface area contributed by atoms with E-state index in [1.807, 2.05) is 0 Å². The van der Waals surface area contributed by atoms with Gasteiger partial charge in [0.25, 0.3) is 5.91 Å². The van der Waals surface area contributed by atoms with Crippen molar-refractivity contribution in [2.24, 2.45) is 0 Å². The smallest absolute Gasteiger partial charge is 0.251 e. The average molecular weight is 470 g/mol. The molecule has 0 aliphatic carbocycles. The number of nitrogens with one attached hydrogen (secondary N) is 1. The van der Waals surface area contributed by atoms with Gasteiger partial charge in [0, 0.05) is 18.2 Å². The molecule has 1 unspecified atom stereocenters. The minimum absolute atomic E-state index is 0.125. The largest absolute Gasteiger partial charge is 0.588 e. The molecular formula is C24H17F3N2O3S. The number of halogens is 3. The maximum atomic E-state index is 13.6. The van der Waals surface area contributed by atoms with E-state index in [2.05, 4.69) is 5.32 Å². The van der Waals surface area contributed by atoms with Crippen molar-refractivity contribution in [2.45, 2.75) is 6.54 Å². The van der Waals surface area contributed by atoms with Crippen LogP contribution in [-0.2, 0) is 17.9 Å². The molecule has 0 radical (unpaired) electrons. The standard InChI is InChI=1S/C24H17F3N2O3S/c1-29-21-9-5-16(24(31)28-13-14-2-6-17(25)7-3-14)12-18(21)23(30)22(33(29)32)11-15-4-8-19(26)20(27)10-15/h2-12H,13H2,1H3,(H,28,31)/b22-11+. The van der Waals surface area contributed by atoms with Crippen molar-refractivity contribution >= 4 is 34.8 Å². The SMILES string of the molecule is CN1c2ccc(C(=O)NCc3ccc(F)cc3)cc2C(=O)/C(=C\c2ccc(F)c(F)c2)[S+]1[O-]. The van der Waals surface area contributed by atoms with E-state index in [0.717, 1.165) is 12.1 Å². The second kappa shape index (κ2) is 9.13. The number of fused-ring (bicyclic) bond motifs is 1. The second-order valence-corrected chi connectivity index (χ2v) is 8.78. The predicted octanol–water partition coefficient (Wildman–Crippen LogP) is 4.37. The Labute approximate surface area is 190 Å². The van der Waals surface area contributed by atoms with Gasteiger partial charge in [0.2, 0.25) is 10.7 Å². The fraction of sp³-hybridized carbons (Fsp3) is 0.0833. The number of Topliss-reactive ketones (excluding diaryl/α,β-unsaturated/α-hetero) is 1. The molecule has 3 aromatic carbocycles. The van der Waals surface area contributed by atoms with E-state index in [1.165, 1.54) is 53.8 Å². The van der Waals surface area contributed by atoms with E-state index in [9.17, 15) is 27.3 Å². The zero-order chi connectivity index (χ0) is 23.7. The summed E-state index contributed by atoms with van der Waals surface area (Å²) in [6.45, 7) is 0.162. The number of nitrogens with zero attached hydrogens (tertiary/aromatic N) is 1. The van der Waals surface area contributed by atoms with E-state index in [0.29, 0.717) is 11.3 Å². The van der Waals surface area contributed by atoms with Crippen molar-refractivity contribution in [3.63, 3.8) is 0 Å². The zero-order valence-electron chi connectivity index (χ0n) is 17.3. The second-order valence-electron chi connectivity index (χ2n) is 7.30. The van der Waals surface area contributed by atoms with Crippen molar-refractivity contribution in [1.82, 2.24) is 5.32 Å². The first-order valence-corrected chi connectivity index (χ1v) is 10.9. The van der Waals surface area contributed by atoms with Crippen LogP contribution in [0.5, 0.6) is 0 Å². The summed E-state index contributed by atoms with van der Waals surface area (Å²) in [5.41, 5.74) is 1.61. The lowest BCUT2D eigenvalue weighted by Crippen LogP contribution is -2.36. The lowest BCUT2D eigenvalue weighted by molar-refractivity contribution is 0.0951. The highest BCUT2D eigenvalue weighted by molar-refractivity contribution is 7.97. The van der Waals surface area contributed by atoms with E-state index in [-0.39, 0.29) is 34.0 Å². The van der Waals surface area contributed by atoms with Gasteiger partial charge in [-0.05, 0) is 53.6 Å². The molecule has 3 aromatic rings. The van der Waals surface area contributed by atoms with Crippen molar-refractivity contribution < 1.29 is 27.3 Å². The summed E-state index contributed by atoms with van der Waals surface area (Å²) >= 11 is -1.88. The van der Waals surface area contributed by atoms with Gasteiger partial charge in [0.15, 0.2) is 11.6 Å². The quantitative estimate of drug-likeness (QED) is 0.454. The summed E-state index contributed by atoms with van der Waals surface area (Å²) in [5, 5.41) is 2.70. The van der Waals surface area contributed by atoms with E-state index >= 15 is 0 Å². The molecule has 168 valence electrons. The van der Waals surface area contributed by atoms with Gasteiger partial charge in [-0.25, -0.2) is 13.2 Å². The van der Waals surface area contributed by atoms with Crippen molar-refractivity contribution in [2.75, 3.05) is 11.4 Å². The molecule has 1 aliphatic heterocycles. The van der Waals surface area contributed by atoms with Crippen LogP contribution in [0.3, 0.4) is 0 Å². The highest BCUT2D eigenvalue weighted by atomic mass is 32.2. The topological polar surface area (TPSA) is 72.5 Å². The number of hydrogen-bond donors (Lipinski definition) is 1. The number of anilines is 1. The number of hydrogen-bond acceptors (Lipinski definition) is 4. The number of benzene rings is 3. The van der Waals surface area contributed by atoms with Gasteiger partial charge in [0.05, 0.1) is 18.3 Å². The van der Waals surface area contributed by atoms with Crippen molar-refractivity contribution in [3.05, 3.63) is 105 Å². The Morgan fingerprint density at radius 1 is 1.03 bits per heavy atom. The van der Waals surface area contributed by atoms with E-state index < -0.39 is 34.7 Å². The number of rotatable bonds is 4. The van der Waals surface area contributed by atoms with Crippen LogP contribution in [0.4, 0.5) is 18.9 Å². The Balaban J connectivity index is 1.61. The monoisotopic (exact) mass is 470 g/mol. The molecule has 0 aromatic heterocycles. The molecule has 0 spiro atoms. The molecule has 9 heteroatoms. The fourth-order valence-electron chi connectivity index (χ4n) is 3.34. The highest BCUT2D eigenvalue weighted by Crippen LogP contribution is 2.35. The number of allylic oxidation sites excluding steroid dienone is 1. The maximum absolute atomic E-state index is 13.6. The molecule has 1 N–H and O–H groups in total. The molecular weight excluding hydrogens is 453 g/mol. The van der Waals surface area contributed by atoms with Crippen molar-refractivity contribution in [3.8, 4) is 0 Å². The minimum Gasteiger partial charge on any atom is -0.588 e. The highest BCUT2D eigenvalue weighted by Gasteiger charge is 2.38. The fourth-order valence-corrected chi connectivity index (χ4v) is 4.48. The minimum atomic E-state index is -1.88. The number of carbonyl (C=O) groups excluding carboxylic acids is 2. The molecule has 0 saturated carbocycles. The van der Waals surface area contributed by atoms with Crippen LogP contribution in [-0.4, -0.2) is 23.3 Å². The summed E-state index contributed by atoms with van der Waals surface area (Å²) in [6.07, 6.45) is 1.24. The lowest BCUT2D eigenvalue weighted by Gasteiger charge is -2.29. The van der Waals surface area contributed by atoms with Crippen LogP contribution in [0.1, 0.15) is 31.8 Å². The maximum Gasteiger partial charge on any atom is 0.251 e. The first-order valence-electron chi connectivity index (χ1n) is 9.78. The molecule has 0 fully saturated rings. The van der Waals surface area contributed by atoms with Crippen LogP contribution < -0.4 is 9.62 Å². The number of amides is 1. The van der Waals surface area contributed by atoms with Gasteiger partial charge in [-0.2, -0.15) is 4.31 Å². The van der Waals surface area contributed by atoms with Gasteiger partial charge in [-0.1, -0.05) is 18.2 Å². The van der Waals surface area contributed by atoms with Gasteiger partial charge in [-0.3, -0.25) is 9.59 Å². The Bertz CT molecular complexity index is 1280. The van der Waals surface area contributed by atoms with E-state index in [1.54, 1.807) is 12.1 Å². The third kappa shape index (κ3) is 4.64. The van der Waals surface area contributed by atoms with Crippen molar-refractivity contribution in [1.29, 1.82) is 0 Å². The summed E-state index contributed by atoms with van der Waals surface area (Å²) in [4.78, 5) is 25.6. The number of carbonyl (C=O) groups is 2. The summed E-state index contributed by atoms with van der Waals surface area (Å²) in [6, 6.07) is 13.2. The predicted molar refractivity (Wildman–Crippen MR) is 119 cm³/mol. The van der Waals surface area contributed by atoms with Crippen LogP contribution in [0.2, 0.25) is 0 Å². The van der Waals surface area contributed by atoms with Crippen LogP contribution >= 0.6 is 0 Å². The van der Waals surface area contributed by atoms with Gasteiger partial charge >= 0.3 is 0 Å². The first kappa shape index (κ1) is 22.6. The molecule has 0 saturated heterocycles.